The van der Waals surface area contributed by atoms with Gasteiger partial charge in [0.1, 0.15) is 18.1 Å². The molecule has 168 valence electrons. The first kappa shape index (κ1) is 23.4. The van der Waals surface area contributed by atoms with Gasteiger partial charge in [0.15, 0.2) is 0 Å². The van der Waals surface area contributed by atoms with Gasteiger partial charge in [-0.3, -0.25) is 4.79 Å². The van der Waals surface area contributed by atoms with Crippen LogP contribution in [0.15, 0.2) is 66.7 Å². The van der Waals surface area contributed by atoms with Crippen molar-refractivity contribution in [1.82, 2.24) is 0 Å². The van der Waals surface area contributed by atoms with E-state index in [1.807, 2.05) is 61.5 Å². The van der Waals surface area contributed by atoms with E-state index < -0.39 is 0 Å². The summed E-state index contributed by atoms with van der Waals surface area (Å²) >= 11 is 0. The molecule has 4 nitrogen and oxygen atoms in total. The van der Waals surface area contributed by atoms with Crippen LogP contribution in [0.25, 0.3) is 0 Å². The number of para-hydroxylation sites is 1. The molecule has 0 heterocycles. The molecule has 0 unspecified atom stereocenters. The molecule has 3 rings (SSSR count). The number of ether oxygens (including phenoxy) is 2. The number of carbonyl (C=O) groups excluding carboxylic acids is 1. The molecule has 0 radical (unpaired) electrons. The molecule has 3 aromatic rings. The Hall–Kier alpha value is -3.27. The minimum absolute atomic E-state index is 0.0333. The third-order valence-electron chi connectivity index (χ3n) is 5.32. The third-order valence-corrected chi connectivity index (χ3v) is 5.32. The molecule has 1 amide bonds. The number of benzene rings is 3. The van der Waals surface area contributed by atoms with Gasteiger partial charge in [-0.15, -0.1) is 0 Å². The Balaban J connectivity index is 1.81. The topological polar surface area (TPSA) is 47.6 Å². The van der Waals surface area contributed by atoms with Gasteiger partial charge in [-0.2, -0.15) is 0 Å². The lowest BCUT2D eigenvalue weighted by molar-refractivity contribution is 0.102. The Kier molecular flexibility index (Phi) is 7.57. The molecular weight excluding hydrogens is 398 g/mol. The molecule has 1 N–H and O–H groups in total. The molecule has 0 aliphatic heterocycles. The maximum Gasteiger partial charge on any atom is 0.255 e. The van der Waals surface area contributed by atoms with Crippen LogP contribution in [-0.4, -0.2) is 12.5 Å². The fourth-order valence-electron chi connectivity index (χ4n) is 3.52. The predicted octanol–water partition coefficient (Wildman–Crippen LogP) is 6.78. The average molecular weight is 432 g/mol. The van der Waals surface area contributed by atoms with Crippen molar-refractivity contribution in [2.24, 2.45) is 0 Å². The van der Waals surface area contributed by atoms with Crippen LogP contribution in [0.1, 0.15) is 61.7 Å². The normalized spacial score (nSPS) is 11.2. The summed E-state index contributed by atoms with van der Waals surface area (Å²) in [4.78, 5) is 12.9. The van der Waals surface area contributed by atoms with Crippen LogP contribution in [0.4, 0.5) is 5.69 Å². The van der Waals surface area contributed by atoms with Crippen molar-refractivity contribution in [2.45, 2.75) is 53.1 Å². The number of carbonyl (C=O) groups is 1. The first-order valence-corrected chi connectivity index (χ1v) is 11.2. The molecule has 0 spiro atoms. The van der Waals surface area contributed by atoms with Crippen LogP contribution in [0, 0.1) is 0 Å². The molecule has 0 saturated heterocycles. The molecule has 4 heteroatoms. The van der Waals surface area contributed by atoms with E-state index in [0.717, 1.165) is 34.7 Å². The molecule has 0 aromatic heterocycles. The maximum atomic E-state index is 12.9. The van der Waals surface area contributed by atoms with Crippen molar-refractivity contribution in [1.29, 1.82) is 0 Å². The number of rotatable bonds is 8. The Morgan fingerprint density at radius 3 is 2.25 bits per heavy atom. The average Bonchev–Trinajstić information content (AvgIpc) is 2.78. The van der Waals surface area contributed by atoms with E-state index in [-0.39, 0.29) is 11.3 Å². The van der Waals surface area contributed by atoms with Gasteiger partial charge in [-0.25, -0.2) is 0 Å². The summed E-state index contributed by atoms with van der Waals surface area (Å²) in [6.45, 7) is 11.4. The summed E-state index contributed by atoms with van der Waals surface area (Å²) in [6.07, 6.45) is 0.967. The van der Waals surface area contributed by atoms with Crippen LogP contribution in [0.5, 0.6) is 11.5 Å². The molecule has 3 aromatic carbocycles. The van der Waals surface area contributed by atoms with Gasteiger partial charge in [0, 0.05) is 16.8 Å². The molecule has 0 aliphatic carbocycles. The summed E-state index contributed by atoms with van der Waals surface area (Å²) in [5.41, 5.74) is 4.52. The SMILES string of the molecule is CCOc1ccc(C(=O)Nc2ccc(CC)cc2)cc1COc1ccccc1C(C)(C)C. The van der Waals surface area contributed by atoms with Crippen LogP contribution >= 0.6 is 0 Å². The fourth-order valence-corrected chi connectivity index (χ4v) is 3.52. The number of nitrogens with one attached hydrogen (secondary N) is 1. The quantitative estimate of drug-likeness (QED) is 0.428. The summed E-state index contributed by atoms with van der Waals surface area (Å²) < 4.78 is 12.0. The smallest absolute Gasteiger partial charge is 0.255 e. The summed E-state index contributed by atoms with van der Waals surface area (Å²) in [5, 5.41) is 2.97. The predicted molar refractivity (Wildman–Crippen MR) is 131 cm³/mol. The minimum atomic E-state index is -0.159. The highest BCUT2D eigenvalue weighted by atomic mass is 16.5. The van der Waals surface area contributed by atoms with E-state index in [1.54, 1.807) is 6.07 Å². The second-order valence-electron chi connectivity index (χ2n) is 8.79. The van der Waals surface area contributed by atoms with E-state index in [9.17, 15) is 4.79 Å². The zero-order valence-electron chi connectivity index (χ0n) is 19.7. The van der Waals surface area contributed by atoms with Gasteiger partial charge < -0.3 is 14.8 Å². The lowest BCUT2D eigenvalue weighted by atomic mass is 9.86. The second-order valence-corrected chi connectivity index (χ2v) is 8.79. The first-order chi connectivity index (χ1) is 15.3. The Bertz CT molecular complexity index is 1050. The lowest BCUT2D eigenvalue weighted by Gasteiger charge is -2.23. The summed E-state index contributed by atoms with van der Waals surface area (Å²) in [5.74, 6) is 1.41. The number of hydrogen-bond donors (Lipinski definition) is 1. The van der Waals surface area contributed by atoms with E-state index in [1.165, 1.54) is 5.56 Å². The molecule has 0 aliphatic rings. The molecule has 32 heavy (non-hydrogen) atoms. The van der Waals surface area contributed by atoms with Gasteiger partial charge in [-0.1, -0.05) is 58.0 Å². The molecule has 0 saturated carbocycles. The highest BCUT2D eigenvalue weighted by Crippen LogP contribution is 2.32. The summed E-state index contributed by atoms with van der Waals surface area (Å²) in [6, 6.07) is 21.5. The number of hydrogen-bond acceptors (Lipinski definition) is 3. The van der Waals surface area contributed by atoms with Crippen molar-refractivity contribution in [2.75, 3.05) is 11.9 Å². The largest absolute Gasteiger partial charge is 0.493 e. The van der Waals surface area contributed by atoms with Gasteiger partial charge in [0.25, 0.3) is 5.91 Å². The third kappa shape index (κ3) is 5.91. The Labute approximate surface area is 191 Å². The van der Waals surface area contributed by atoms with Crippen molar-refractivity contribution in [3.05, 3.63) is 89.0 Å². The fraction of sp³-hybridized carbons (Fsp3) is 0.321. The summed E-state index contributed by atoms with van der Waals surface area (Å²) in [7, 11) is 0. The first-order valence-electron chi connectivity index (χ1n) is 11.2. The van der Waals surface area contributed by atoms with Gasteiger partial charge in [0.2, 0.25) is 0 Å². The van der Waals surface area contributed by atoms with E-state index in [2.05, 4.69) is 39.1 Å². The highest BCUT2D eigenvalue weighted by Gasteiger charge is 2.19. The van der Waals surface area contributed by atoms with Crippen LogP contribution in [-0.2, 0) is 18.4 Å². The van der Waals surface area contributed by atoms with E-state index >= 15 is 0 Å². The molecule has 0 fully saturated rings. The lowest BCUT2D eigenvalue weighted by Crippen LogP contribution is -2.14. The molecule has 0 bridgehead atoms. The van der Waals surface area contributed by atoms with Crippen LogP contribution in [0.3, 0.4) is 0 Å². The zero-order chi connectivity index (χ0) is 23.1. The van der Waals surface area contributed by atoms with E-state index in [4.69, 9.17) is 9.47 Å². The second kappa shape index (κ2) is 10.4. The highest BCUT2D eigenvalue weighted by molar-refractivity contribution is 6.04. The Morgan fingerprint density at radius 1 is 0.875 bits per heavy atom. The van der Waals surface area contributed by atoms with Crippen LogP contribution < -0.4 is 14.8 Å². The van der Waals surface area contributed by atoms with Gasteiger partial charge >= 0.3 is 0 Å². The minimum Gasteiger partial charge on any atom is -0.493 e. The molecular formula is C28H33NO3. The van der Waals surface area contributed by atoms with Crippen molar-refractivity contribution < 1.29 is 14.3 Å². The standard InChI is InChI=1S/C28H33NO3/c1-6-20-12-15-23(16-13-20)29-27(30)21-14-17-25(31-7-2)22(18-21)19-32-26-11-9-8-10-24(26)28(3,4)5/h8-18H,6-7,19H2,1-5H3,(H,29,30). The number of anilines is 1. The Morgan fingerprint density at radius 2 is 1.59 bits per heavy atom. The maximum absolute atomic E-state index is 12.9. The van der Waals surface area contributed by atoms with Crippen molar-refractivity contribution >= 4 is 11.6 Å². The van der Waals surface area contributed by atoms with Crippen molar-refractivity contribution in [3.8, 4) is 11.5 Å². The van der Waals surface area contributed by atoms with E-state index in [0.29, 0.717) is 18.8 Å². The van der Waals surface area contributed by atoms with Gasteiger partial charge in [-0.05, 0) is 66.3 Å². The zero-order valence-corrected chi connectivity index (χ0v) is 19.7. The number of aryl methyl sites for hydroxylation is 1. The molecule has 0 atom stereocenters. The van der Waals surface area contributed by atoms with Gasteiger partial charge in [0.05, 0.1) is 6.61 Å². The van der Waals surface area contributed by atoms with Crippen molar-refractivity contribution in [3.63, 3.8) is 0 Å². The monoisotopic (exact) mass is 431 g/mol. The number of amides is 1. The van der Waals surface area contributed by atoms with Crippen LogP contribution in [0.2, 0.25) is 0 Å².